The summed E-state index contributed by atoms with van der Waals surface area (Å²) in [5, 5.41) is 10.6. The first-order valence-corrected chi connectivity index (χ1v) is 11.7. The topological polar surface area (TPSA) is 46.8 Å². The lowest BCUT2D eigenvalue weighted by atomic mass is 10.3. The SMILES string of the molecule is Cc1ccc(CN(C)Cc2nnc(SCc3ccncc3)n2-c2cccc(Cl)c2)s1. The van der Waals surface area contributed by atoms with Crippen LogP contribution in [0.25, 0.3) is 5.69 Å². The molecule has 0 N–H and O–H groups in total. The number of hydrogen-bond donors (Lipinski definition) is 0. The summed E-state index contributed by atoms with van der Waals surface area (Å²) in [7, 11) is 2.11. The van der Waals surface area contributed by atoms with Crippen molar-refractivity contribution in [1.29, 1.82) is 0 Å². The fraction of sp³-hybridized carbons (Fsp3) is 0.227. The lowest BCUT2D eigenvalue weighted by Crippen LogP contribution is -2.19. The standard InChI is InChI=1S/C22H22ClN5S2/c1-16-6-7-20(30-16)13-27(2)14-21-25-26-22(29-15-17-8-10-24-11-9-17)28(21)19-5-3-4-18(23)12-19/h3-12H,13-15H2,1-2H3. The van der Waals surface area contributed by atoms with Crippen molar-refractivity contribution < 1.29 is 0 Å². The van der Waals surface area contributed by atoms with E-state index in [-0.39, 0.29) is 0 Å². The monoisotopic (exact) mass is 455 g/mol. The zero-order chi connectivity index (χ0) is 20.9. The van der Waals surface area contributed by atoms with Gasteiger partial charge in [0.25, 0.3) is 0 Å². The molecule has 3 aromatic heterocycles. The van der Waals surface area contributed by atoms with Crippen LogP contribution in [0.4, 0.5) is 0 Å². The van der Waals surface area contributed by atoms with Crippen LogP contribution in [0.5, 0.6) is 0 Å². The van der Waals surface area contributed by atoms with Crippen molar-refractivity contribution in [2.45, 2.75) is 30.9 Å². The molecule has 0 bridgehead atoms. The van der Waals surface area contributed by atoms with E-state index in [9.17, 15) is 0 Å². The van der Waals surface area contributed by atoms with E-state index in [2.05, 4.69) is 50.8 Å². The van der Waals surface area contributed by atoms with Gasteiger partial charge in [0.2, 0.25) is 0 Å². The Morgan fingerprint density at radius 1 is 1.07 bits per heavy atom. The molecule has 0 saturated carbocycles. The van der Waals surface area contributed by atoms with Crippen molar-refractivity contribution >= 4 is 34.7 Å². The first-order chi connectivity index (χ1) is 14.6. The third kappa shape index (κ3) is 5.29. The molecular formula is C22H22ClN5S2. The van der Waals surface area contributed by atoms with Gasteiger partial charge in [-0.25, -0.2) is 0 Å². The highest BCUT2D eigenvalue weighted by molar-refractivity contribution is 7.98. The highest BCUT2D eigenvalue weighted by atomic mass is 35.5. The Morgan fingerprint density at radius 2 is 1.90 bits per heavy atom. The van der Waals surface area contributed by atoms with Gasteiger partial charge in [-0.2, -0.15) is 0 Å². The number of aromatic nitrogens is 4. The Bertz CT molecular complexity index is 1110. The Labute approximate surface area is 189 Å². The van der Waals surface area contributed by atoms with Crippen LogP contribution < -0.4 is 0 Å². The second-order valence-corrected chi connectivity index (χ2v) is 9.79. The molecule has 0 amide bonds. The zero-order valence-electron chi connectivity index (χ0n) is 16.8. The number of benzene rings is 1. The average molecular weight is 456 g/mol. The van der Waals surface area contributed by atoms with Gasteiger partial charge in [0.15, 0.2) is 11.0 Å². The van der Waals surface area contributed by atoms with E-state index in [0.717, 1.165) is 29.0 Å². The van der Waals surface area contributed by atoms with E-state index in [4.69, 9.17) is 11.6 Å². The molecule has 4 rings (SSSR count). The predicted octanol–water partition coefficient (Wildman–Crippen LogP) is 5.61. The fourth-order valence-corrected chi connectivity index (χ4v) is 5.21. The number of rotatable bonds is 8. The van der Waals surface area contributed by atoms with Crippen molar-refractivity contribution in [3.05, 3.63) is 87.1 Å². The molecule has 0 atom stereocenters. The summed E-state index contributed by atoms with van der Waals surface area (Å²) in [5.74, 6) is 1.69. The predicted molar refractivity (Wildman–Crippen MR) is 124 cm³/mol. The van der Waals surface area contributed by atoms with Crippen molar-refractivity contribution in [3.8, 4) is 5.69 Å². The molecule has 30 heavy (non-hydrogen) atoms. The van der Waals surface area contributed by atoms with Crippen LogP contribution in [0.1, 0.15) is 21.1 Å². The highest BCUT2D eigenvalue weighted by Crippen LogP contribution is 2.27. The number of pyridine rings is 1. The third-order valence-electron chi connectivity index (χ3n) is 4.52. The summed E-state index contributed by atoms with van der Waals surface area (Å²) < 4.78 is 2.11. The molecule has 0 unspecified atom stereocenters. The van der Waals surface area contributed by atoms with Gasteiger partial charge in [0.1, 0.15) is 0 Å². The lowest BCUT2D eigenvalue weighted by molar-refractivity contribution is 0.310. The molecule has 1 aromatic carbocycles. The Kier molecular flexibility index (Phi) is 6.84. The van der Waals surface area contributed by atoms with E-state index in [1.165, 1.54) is 15.3 Å². The molecule has 0 spiro atoms. The van der Waals surface area contributed by atoms with Gasteiger partial charge in [-0.15, -0.1) is 21.5 Å². The van der Waals surface area contributed by atoms with Crippen LogP contribution in [-0.4, -0.2) is 31.7 Å². The molecule has 8 heteroatoms. The number of aryl methyl sites for hydroxylation is 1. The third-order valence-corrected chi connectivity index (χ3v) is 6.74. The highest BCUT2D eigenvalue weighted by Gasteiger charge is 2.17. The number of thiophene rings is 1. The van der Waals surface area contributed by atoms with Gasteiger partial charge >= 0.3 is 0 Å². The van der Waals surface area contributed by atoms with Crippen molar-refractivity contribution in [3.63, 3.8) is 0 Å². The van der Waals surface area contributed by atoms with Crippen LogP contribution in [0, 0.1) is 6.92 Å². The molecule has 5 nitrogen and oxygen atoms in total. The fourth-order valence-electron chi connectivity index (χ4n) is 3.13. The van der Waals surface area contributed by atoms with E-state index in [1.54, 1.807) is 11.8 Å². The summed E-state index contributed by atoms with van der Waals surface area (Å²) in [6.45, 7) is 3.70. The maximum Gasteiger partial charge on any atom is 0.196 e. The summed E-state index contributed by atoms with van der Waals surface area (Å²) in [6, 6.07) is 16.2. The smallest absolute Gasteiger partial charge is 0.196 e. The van der Waals surface area contributed by atoms with Gasteiger partial charge in [-0.3, -0.25) is 14.5 Å². The molecule has 4 aromatic rings. The summed E-state index contributed by atoms with van der Waals surface area (Å²) in [6.07, 6.45) is 3.62. The second-order valence-electron chi connectivity index (χ2n) is 7.04. The molecule has 154 valence electrons. The zero-order valence-corrected chi connectivity index (χ0v) is 19.2. The van der Waals surface area contributed by atoms with Crippen molar-refractivity contribution in [2.24, 2.45) is 0 Å². The molecular weight excluding hydrogens is 434 g/mol. The first kappa shape index (κ1) is 21.1. The number of halogens is 1. The largest absolute Gasteiger partial charge is 0.294 e. The van der Waals surface area contributed by atoms with Crippen LogP contribution in [-0.2, 0) is 18.8 Å². The van der Waals surface area contributed by atoms with Gasteiger partial charge < -0.3 is 0 Å². The van der Waals surface area contributed by atoms with Crippen LogP contribution >= 0.6 is 34.7 Å². The Morgan fingerprint density at radius 3 is 2.63 bits per heavy atom. The van der Waals surface area contributed by atoms with Crippen LogP contribution in [0.3, 0.4) is 0 Å². The minimum atomic E-state index is 0.687. The van der Waals surface area contributed by atoms with Crippen LogP contribution in [0.15, 0.2) is 66.1 Å². The molecule has 0 saturated heterocycles. The minimum Gasteiger partial charge on any atom is -0.294 e. The molecule has 0 aliphatic carbocycles. The van der Waals surface area contributed by atoms with Gasteiger partial charge in [-0.1, -0.05) is 29.4 Å². The molecule has 0 aliphatic rings. The quantitative estimate of drug-likeness (QED) is 0.323. The Balaban J connectivity index is 1.58. The van der Waals surface area contributed by atoms with E-state index in [0.29, 0.717) is 11.6 Å². The number of thioether (sulfide) groups is 1. The van der Waals surface area contributed by atoms with Crippen molar-refractivity contribution in [1.82, 2.24) is 24.6 Å². The Hall–Kier alpha value is -2.19. The van der Waals surface area contributed by atoms with Crippen LogP contribution in [0.2, 0.25) is 5.02 Å². The molecule has 0 fully saturated rings. The summed E-state index contributed by atoms with van der Waals surface area (Å²) >= 11 is 9.76. The van der Waals surface area contributed by atoms with E-state index in [1.807, 2.05) is 60.1 Å². The minimum absolute atomic E-state index is 0.687. The van der Waals surface area contributed by atoms with Crippen molar-refractivity contribution in [2.75, 3.05) is 7.05 Å². The maximum atomic E-state index is 6.28. The first-order valence-electron chi connectivity index (χ1n) is 9.54. The molecule has 0 aliphatic heterocycles. The number of hydrogen-bond acceptors (Lipinski definition) is 6. The average Bonchev–Trinajstić information content (AvgIpc) is 3.32. The maximum absolute atomic E-state index is 6.28. The van der Waals surface area contributed by atoms with Gasteiger partial charge in [0, 0.05) is 39.5 Å². The van der Waals surface area contributed by atoms with E-state index < -0.39 is 0 Å². The normalized spacial score (nSPS) is 11.3. The van der Waals surface area contributed by atoms with Gasteiger partial charge in [0.05, 0.1) is 12.2 Å². The van der Waals surface area contributed by atoms with E-state index >= 15 is 0 Å². The number of nitrogens with zero attached hydrogens (tertiary/aromatic N) is 5. The second kappa shape index (κ2) is 9.75. The summed E-state index contributed by atoms with van der Waals surface area (Å²) in [5.41, 5.74) is 2.17. The van der Waals surface area contributed by atoms with Gasteiger partial charge in [-0.05, 0) is 62.0 Å². The molecule has 0 radical (unpaired) electrons. The lowest BCUT2D eigenvalue weighted by Gasteiger charge is -2.17. The summed E-state index contributed by atoms with van der Waals surface area (Å²) in [4.78, 5) is 9.02. The molecule has 3 heterocycles.